The number of nitrogens with one attached hydrogen (secondary N) is 1. The molecule has 0 aliphatic heterocycles. The zero-order chi connectivity index (χ0) is 15.5. The first-order valence-electron chi connectivity index (χ1n) is 6.50. The minimum Gasteiger partial charge on any atom is -0.506 e. The summed E-state index contributed by atoms with van der Waals surface area (Å²) in [5.74, 6) is -0.287. The molecule has 110 valence electrons. The summed E-state index contributed by atoms with van der Waals surface area (Å²) in [7, 11) is 0. The molecular formula is C15H12N4O2S. The van der Waals surface area contributed by atoms with E-state index < -0.39 is 0 Å². The second-order valence-corrected chi connectivity index (χ2v) is 5.56. The molecule has 3 aromatic rings. The van der Waals surface area contributed by atoms with Crippen molar-refractivity contribution >= 4 is 44.0 Å². The quantitative estimate of drug-likeness (QED) is 0.556. The van der Waals surface area contributed by atoms with E-state index >= 15 is 0 Å². The predicted molar refractivity (Wildman–Crippen MR) is 86.2 cm³/mol. The number of carbonyl (C=O) groups is 1. The molecule has 22 heavy (non-hydrogen) atoms. The molecule has 0 radical (unpaired) electrons. The van der Waals surface area contributed by atoms with Gasteiger partial charge in [0, 0.05) is 6.92 Å². The van der Waals surface area contributed by atoms with Crippen molar-refractivity contribution in [2.75, 3.05) is 5.32 Å². The maximum Gasteiger partial charge on any atom is 0.231 e. The summed E-state index contributed by atoms with van der Waals surface area (Å²) >= 11 is 1.44. The lowest BCUT2D eigenvalue weighted by atomic mass is 10.2. The van der Waals surface area contributed by atoms with Crippen molar-refractivity contribution in [1.82, 2.24) is 4.98 Å². The monoisotopic (exact) mass is 312 g/mol. The lowest BCUT2D eigenvalue weighted by Gasteiger charge is -2.04. The number of phenols is 1. The van der Waals surface area contributed by atoms with Gasteiger partial charge >= 0.3 is 0 Å². The molecule has 0 unspecified atom stereocenters. The van der Waals surface area contributed by atoms with Gasteiger partial charge in [0.1, 0.15) is 5.75 Å². The van der Waals surface area contributed by atoms with E-state index in [2.05, 4.69) is 20.5 Å². The number of fused-ring (bicyclic) bond motifs is 1. The highest BCUT2D eigenvalue weighted by molar-refractivity contribution is 7.21. The molecule has 2 aromatic carbocycles. The Bertz CT molecular complexity index is 840. The van der Waals surface area contributed by atoms with E-state index in [1.807, 2.05) is 24.3 Å². The molecule has 6 nitrogen and oxygen atoms in total. The second kappa shape index (κ2) is 5.90. The SMILES string of the molecule is CC(=O)Nc1cc(N=Nc2nc3ccccc3s2)ccc1O. The van der Waals surface area contributed by atoms with Crippen molar-refractivity contribution in [1.29, 1.82) is 0 Å². The van der Waals surface area contributed by atoms with Crippen LogP contribution in [-0.2, 0) is 4.79 Å². The number of thiazole rings is 1. The van der Waals surface area contributed by atoms with Gasteiger partial charge in [-0.05, 0) is 30.3 Å². The predicted octanol–water partition coefficient (Wildman–Crippen LogP) is 4.38. The molecule has 7 heteroatoms. The van der Waals surface area contributed by atoms with Crippen LogP contribution in [0.2, 0.25) is 0 Å². The Labute approximate surface area is 130 Å². The van der Waals surface area contributed by atoms with Crippen LogP contribution in [0.15, 0.2) is 52.7 Å². The molecule has 0 aliphatic carbocycles. The van der Waals surface area contributed by atoms with Crippen molar-refractivity contribution < 1.29 is 9.90 Å². The van der Waals surface area contributed by atoms with Gasteiger partial charge in [0.2, 0.25) is 11.0 Å². The number of phenolic OH excluding ortho intramolecular Hbond substituents is 1. The fourth-order valence-corrected chi connectivity index (χ4v) is 2.67. The van der Waals surface area contributed by atoms with Crippen LogP contribution < -0.4 is 5.32 Å². The highest BCUT2D eigenvalue weighted by Gasteiger charge is 2.05. The van der Waals surface area contributed by atoms with Gasteiger partial charge < -0.3 is 10.4 Å². The molecule has 0 bridgehead atoms. The minimum absolute atomic E-state index is 0.0193. The lowest BCUT2D eigenvalue weighted by Crippen LogP contribution is -2.05. The molecular weight excluding hydrogens is 300 g/mol. The summed E-state index contributed by atoms with van der Waals surface area (Å²) in [5, 5.41) is 20.9. The minimum atomic E-state index is -0.268. The van der Waals surface area contributed by atoms with Crippen molar-refractivity contribution in [2.45, 2.75) is 6.92 Å². The van der Waals surface area contributed by atoms with Gasteiger partial charge in [-0.1, -0.05) is 23.5 Å². The Kier molecular flexibility index (Phi) is 3.80. The highest BCUT2D eigenvalue weighted by Crippen LogP contribution is 2.31. The largest absolute Gasteiger partial charge is 0.506 e. The fourth-order valence-electron chi connectivity index (χ4n) is 1.88. The van der Waals surface area contributed by atoms with E-state index in [0.29, 0.717) is 16.5 Å². The van der Waals surface area contributed by atoms with Gasteiger partial charge in [0.25, 0.3) is 0 Å². The number of nitrogens with zero attached hydrogens (tertiary/aromatic N) is 3. The Morgan fingerprint density at radius 2 is 2.05 bits per heavy atom. The van der Waals surface area contributed by atoms with Crippen LogP contribution >= 0.6 is 11.3 Å². The summed E-state index contributed by atoms with van der Waals surface area (Å²) in [6, 6.07) is 12.4. The number of azo groups is 1. The molecule has 1 aromatic heterocycles. The average molecular weight is 312 g/mol. The number of rotatable bonds is 3. The average Bonchev–Trinajstić information content (AvgIpc) is 2.90. The highest BCUT2D eigenvalue weighted by atomic mass is 32.1. The zero-order valence-corrected chi connectivity index (χ0v) is 12.5. The van der Waals surface area contributed by atoms with E-state index in [0.717, 1.165) is 10.2 Å². The van der Waals surface area contributed by atoms with Gasteiger partial charge in [-0.2, -0.15) is 0 Å². The number of anilines is 1. The summed E-state index contributed by atoms with van der Waals surface area (Å²) in [4.78, 5) is 15.4. The van der Waals surface area contributed by atoms with E-state index in [9.17, 15) is 9.90 Å². The van der Waals surface area contributed by atoms with Crippen LogP contribution in [0.1, 0.15) is 6.92 Å². The molecule has 0 saturated carbocycles. The zero-order valence-electron chi connectivity index (χ0n) is 11.6. The van der Waals surface area contributed by atoms with Gasteiger partial charge in [-0.15, -0.1) is 10.2 Å². The first kappa shape index (κ1) is 14.2. The lowest BCUT2D eigenvalue weighted by molar-refractivity contribution is -0.114. The molecule has 0 spiro atoms. The molecule has 2 N–H and O–H groups in total. The van der Waals surface area contributed by atoms with Crippen LogP contribution in [0, 0.1) is 0 Å². The molecule has 1 heterocycles. The third-order valence-corrected chi connectivity index (χ3v) is 3.75. The third-order valence-electron chi connectivity index (χ3n) is 2.82. The number of aromatic hydroxyl groups is 1. The third kappa shape index (κ3) is 3.09. The number of benzene rings is 2. The van der Waals surface area contributed by atoms with Crippen LogP contribution in [0.5, 0.6) is 5.75 Å². The number of carbonyl (C=O) groups excluding carboxylic acids is 1. The maximum atomic E-state index is 11.1. The van der Waals surface area contributed by atoms with Gasteiger partial charge in [-0.3, -0.25) is 4.79 Å². The normalized spacial score (nSPS) is 11.1. The molecule has 0 saturated heterocycles. The summed E-state index contributed by atoms with van der Waals surface area (Å²) in [6.07, 6.45) is 0. The van der Waals surface area contributed by atoms with Crippen LogP contribution in [-0.4, -0.2) is 16.0 Å². The number of aromatic nitrogens is 1. The Morgan fingerprint density at radius 3 is 2.82 bits per heavy atom. The topological polar surface area (TPSA) is 86.9 Å². The Balaban J connectivity index is 1.87. The number of amides is 1. The number of hydrogen-bond acceptors (Lipinski definition) is 6. The van der Waals surface area contributed by atoms with Crippen molar-refractivity contribution in [3.8, 4) is 5.75 Å². The number of para-hydroxylation sites is 1. The van der Waals surface area contributed by atoms with Crippen LogP contribution in [0.25, 0.3) is 10.2 Å². The fraction of sp³-hybridized carbons (Fsp3) is 0.0667. The van der Waals surface area contributed by atoms with Crippen molar-refractivity contribution in [3.05, 3.63) is 42.5 Å². The second-order valence-electron chi connectivity index (χ2n) is 4.55. The maximum absolute atomic E-state index is 11.1. The van der Waals surface area contributed by atoms with Gasteiger partial charge in [0.15, 0.2) is 0 Å². The summed E-state index contributed by atoms with van der Waals surface area (Å²) in [5.41, 5.74) is 1.69. The van der Waals surface area contributed by atoms with E-state index in [1.54, 1.807) is 12.1 Å². The van der Waals surface area contributed by atoms with E-state index in [4.69, 9.17) is 0 Å². The molecule has 0 aliphatic rings. The summed E-state index contributed by atoms with van der Waals surface area (Å²) in [6.45, 7) is 1.37. The van der Waals surface area contributed by atoms with Crippen molar-refractivity contribution in [3.63, 3.8) is 0 Å². The van der Waals surface area contributed by atoms with E-state index in [-0.39, 0.29) is 11.7 Å². The van der Waals surface area contributed by atoms with Crippen LogP contribution in [0.3, 0.4) is 0 Å². The first-order valence-corrected chi connectivity index (χ1v) is 7.31. The number of hydrogen-bond donors (Lipinski definition) is 2. The summed E-state index contributed by atoms with van der Waals surface area (Å²) < 4.78 is 1.04. The molecule has 0 fully saturated rings. The Morgan fingerprint density at radius 1 is 1.23 bits per heavy atom. The van der Waals surface area contributed by atoms with Crippen LogP contribution in [0.4, 0.5) is 16.5 Å². The van der Waals surface area contributed by atoms with E-state index in [1.165, 1.54) is 24.3 Å². The van der Waals surface area contributed by atoms with Crippen molar-refractivity contribution in [2.24, 2.45) is 10.2 Å². The molecule has 0 atom stereocenters. The van der Waals surface area contributed by atoms with Gasteiger partial charge in [0.05, 0.1) is 21.6 Å². The van der Waals surface area contributed by atoms with Gasteiger partial charge in [-0.25, -0.2) is 4.98 Å². The first-order chi connectivity index (χ1) is 10.6. The molecule has 3 rings (SSSR count). The standard InChI is InChI=1S/C15H12N4O2S/c1-9(20)16-12-8-10(6-7-13(12)21)18-19-15-17-11-4-2-3-5-14(11)22-15/h2-8,21H,1H3,(H,16,20). The molecule has 1 amide bonds. The Hall–Kier alpha value is -2.80. The smallest absolute Gasteiger partial charge is 0.231 e.